The van der Waals surface area contributed by atoms with Gasteiger partial charge in [-0.2, -0.15) is 12.2 Å². The summed E-state index contributed by atoms with van der Waals surface area (Å²) in [6, 6.07) is 43.7. The molecule has 0 saturated carbocycles. The summed E-state index contributed by atoms with van der Waals surface area (Å²) in [6.07, 6.45) is 8.33. The Morgan fingerprint density at radius 1 is 0.625 bits per heavy atom. The summed E-state index contributed by atoms with van der Waals surface area (Å²) in [5.41, 5.74) is 12.4. The molecule has 1 aliphatic carbocycles. The van der Waals surface area contributed by atoms with Crippen molar-refractivity contribution in [3.63, 3.8) is 0 Å². The van der Waals surface area contributed by atoms with E-state index in [-0.39, 0.29) is 21.1 Å². The van der Waals surface area contributed by atoms with Crippen LogP contribution in [0.1, 0.15) is 46.4 Å². The van der Waals surface area contributed by atoms with Crippen LogP contribution in [-0.4, -0.2) is 10.7 Å². The van der Waals surface area contributed by atoms with Crippen LogP contribution in [0.25, 0.3) is 34.5 Å². The molecule has 5 aromatic rings. The van der Waals surface area contributed by atoms with Crippen molar-refractivity contribution in [2.75, 3.05) is 0 Å². The third-order valence-corrected chi connectivity index (χ3v) is 8.11. The van der Waals surface area contributed by atoms with Gasteiger partial charge in [-0.15, -0.1) is 65.2 Å². The molecule has 2 aliphatic heterocycles. The first-order valence-corrected chi connectivity index (χ1v) is 13.5. The third kappa shape index (κ3) is 3.74. The summed E-state index contributed by atoms with van der Waals surface area (Å²) in [7, 11) is 0. The Morgan fingerprint density at radius 2 is 1.25 bits per heavy atom. The quantitative estimate of drug-likeness (QED) is 0.150. The third-order valence-electron chi connectivity index (χ3n) is 8.11. The first-order valence-electron chi connectivity index (χ1n) is 13.5. The topological polar surface area (TPSA) is 25.2 Å². The summed E-state index contributed by atoms with van der Waals surface area (Å²) in [5, 5.41) is 0. The number of hydrogen-bond donors (Lipinski definition) is 0. The molecular formula is C37H24N2Pt. The van der Waals surface area contributed by atoms with E-state index in [0.717, 1.165) is 57.9 Å². The van der Waals surface area contributed by atoms with Crippen molar-refractivity contribution in [2.24, 2.45) is 4.99 Å². The average Bonchev–Trinajstić information content (AvgIpc) is 3.31. The standard InChI is InChI=1S/C37H24N2.Pt/c1-3-15-31-29(13-1)30-14-2-4-16-32(30)37(31)35-19-7-17-33(38-35)27-11-5-9-25(23-27)21-22-26-10-6-12-28(24-26)34-18-8-20-36(37)39-34;/h1-7,9-17,19-22H,8,18H2;/q-2;+2/b22-21-;. The zero-order valence-corrected chi connectivity index (χ0v) is 23.9. The maximum atomic E-state index is 5.45. The fourth-order valence-electron chi connectivity index (χ4n) is 6.40. The molecule has 0 unspecified atom stereocenters. The van der Waals surface area contributed by atoms with Crippen LogP contribution in [0.3, 0.4) is 0 Å². The summed E-state index contributed by atoms with van der Waals surface area (Å²) in [4.78, 5) is 10.8. The van der Waals surface area contributed by atoms with Gasteiger partial charge in [0, 0.05) is 11.4 Å². The van der Waals surface area contributed by atoms with Crippen LogP contribution in [0.4, 0.5) is 0 Å². The zero-order chi connectivity index (χ0) is 25.8. The molecule has 0 fully saturated rings. The molecule has 0 saturated heterocycles. The summed E-state index contributed by atoms with van der Waals surface area (Å²) in [5.74, 6) is 0. The minimum atomic E-state index is -0.623. The van der Waals surface area contributed by atoms with Gasteiger partial charge in [-0.1, -0.05) is 72.3 Å². The maximum Gasteiger partial charge on any atom is 2.00 e. The Bertz CT molecular complexity index is 1830. The van der Waals surface area contributed by atoms with E-state index in [2.05, 4.69) is 133 Å². The molecule has 8 rings (SSSR count). The Labute approximate surface area is 249 Å². The summed E-state index contributed by atoms with van der Waals surface area (Å²) in [6.45, 7) is 0. The van der Waals surface area contributed by atoms with Crippen LogP contribution in [-0.2, 0) is 26.5 Å². The van der Waals surface area contributed by atoms with Crippen LogP contribution in [0, 0.1) is 12.1 Å². The van der Waals surface area contributed by atoms with E-state index in [4.69, 9.17) is 9.98 Å². The van der Waals surface area contributed by atoms with Crippen LogP contribution < -0.4 is 0 Å². The molecule has 4 aromatic carbocycles. The van der Waals surface area contributed by atoms with Crippen molar-refractivity contribution in [3.05, 3.63) is 161 Å². The normalized spacial score (nSPS) is 16.3. The van der Waals surface area contributed by atoms with E-state index in [9.17, 15) is 0 Å². The van der Waals surface area contributed by atoms with E-state index in [0.29, 0.717) is 0 Å². The van der Waals surface area contributed by atoms with Gasteiger partial charge >= 0.3 is 21.1 Å². The van der Waals surface area contributed by atoms with Gasteiger partial charge < -0.3 is 0 Å². The van der Waals surface area contributed by atoms with Gasteiger partial charge in [0.2, 0.25) is 0 Å². The molecule has 1 spiro atoms. The van der Waals surface area contributed by atoms with Crippen LogP contribution >= 0.6 is 0 Å². The summed E-state index contributed by atoms with van der Waals surface area (Å²) < 4.78 is 0. The smallest absolute Gasteiger partial charge is 0.295 e. The molecular weight excluding hydrogens is 667 g/mol. The zero-order valence-electron chi connectivity index (χ0n) is 21.7. The van der Waals surface area contributed by atoms with Crippen molar-refractivity contribution in [1.82, 2.24) is 4.98 Å². The fraction of sp³-hybridized carbons (Fsp3) is 0.0811. The number of aliphatic imine (C=N–C) groups is 1. The van der Waals surface area contributed by atoms with E-state index in [1.165, 1.54) is 22.3 Å². The monoisotopic (exact) mass is 691 g/mol. The van der Waals surface area contributed by atoms with Crippen molar-refractivity contribution in [2.45, 2.75) is 18.3 Å². The molecule has 40 heavy (non-hydrogen) atoms. The largest absolute Gasteiger partial charge is 2.00 e. The molecule has 8 bridgehead atoms. The molecule has 192 valence electrons. The number of nitrogens with zero attached hydrogens (tertiary/aromatic N) is 2. The number of rotatable bonds is 0. The Kier molecular flexibility index (Phi) is 6.10. The van der Waals surface area contributed by atoms with Crippen molar-refractivity contribution in [3.8, 4) is 22.4 Å². The SMILES string of the molecule is [Pt+2].[c-]1c2cccc1C1=NC(=CCC1)C1(c3cccc(n3)-c3[c-]c(ccc3)/C=C\2)c2ccccc2-c2ccccc21. The molecule has 0 radical (unpaired) electrons. The Balaban J connectivity index is 0.00000264. The molecule has 3 heteroatoms. The summed E-state index contributed by atoms with van der Waals surface area (Å²) >= 11 is 0. The first kappa shape index (κ1) is 24.9. The van der Waals surface area contributed by atoms with Gasteiger partial charge in [0.25, 0.3) is 0 Å². The van der Waals surface area contributed by atoms with E-state index >= 15 is 0 Å². The fourth-order valence-corrected chi connectivity index (χ4v) is 6.40. The average molecular weight is 692 g/mol. The Morgan fingerprint density at radius 3 is 1.98 bits per heavy atom. The number of hydrogen-bond acceptors (Lipinski definition) is 2. The number of aromatic nitrogens is 1. The van der Waals surface area contributed by atoms with Gasteiger partial charge in [0.05, 0.1) is 5.69 Å². The number of allylic oxidation sites excluding steroid dienone is 2. The minimum absolute atomic E-state index is 0. The molecule has 0 amide bonds. The van der Waals surface area contributed by atoms with Gasteiger partial charge in [-0.25, -0.2) is 0 Å². The second kappa shape index (κ2) is 9.80. The van der Waals surface area contributed by atoms with E-state index in [1.54, 1.807) is 0 Å². The number of fused-ring (bicyclic) bond motifs is 16. The molecule has 1 aromatic heterocycles. The van der Waals surface area contributed by atoms with Gasteiger partial charge in [-0.3, -0.25) is 9.98 Å². The number of pyridine rings is 1. The Hall–Kier alpha value is -4.13. The van der Waals surface area contributed by atoms with Crippen molar-refractivity contribution < 1.29 is 21.1 Å². The minimum Gasteiger partial charge on any atom is -0.295 e. The van der Waals surface area contributed by atoms with E-state index < -0.39 is 5.41 Å². The first-order chi connectivity index (χ1) is 19.3. The van der Waals surface area contributed by atoms with Crippen molar-refractivity contribution in [1.29, 1.82) is 0 Å². The predicted molar refractivity (Wildman–Crippen MR) is 158 cm³/mol. The molecule has 0 N–H and O–H groups in total. The van der Waals surface area contributed by atoms with Crippen molar-refractivity contribution >= 4 is 17.9 Å². The van der Waals surface area contributed by atoms with Crippen LogP contribution in [0.5, 0.6) is 0 Å². The van der Waals surface area contributed by atoms with E-state index in [1.807, 2.05) is 0 Å². The predicted octanol–water partition coefficient (Wildman–Crippen LogP) is 8.31. The maximum absolute atomic E-state index is 5.45. The van der Waals surface area contributed by atoms with Gasteiger partial charge in [-0.05, 0) is 46.9 Å². The second-order valence-corrected chi connectivity index (χ2v) is 10.3. The van der Waals surface area contributed by atoms with Crippen LogP contribution in [0.15, 0.2) is 120 Å². The molecule has 3 aliphatic rings. The van der Waals surface area contributed by atoms with Gasteiger partial charge in [0.1, 0.15) is 5.41 Å². The molecule has 2 nitrogen and oxygen atoms in total. The molecule has 0 atom stereocenters. The van der Waals surface area contributed by atoms with Gasteiger partial charge in [0.15, 0.2) is 0 Å². The van der Waals surface area contributed by atoms with Crippen LogP contribution in [0.2, 0.25) is 0 Å². The number of benzene rings is 4. The molecule has 3 heterocycles. The second-order valence-electron chi connectivity index (χ2n) is 10.3.